The Hall–Kier alpha value is -1.78. The van der Waals surface area contributed by atoms with Gasteiger partial charge in [-0.15, -0.1) is 0 Å². The van der Waals surface area contributed by atoms with Gasteiger partial charge in [0.15, 0.2) is 0 Å². The van der Waals surface area contributed by atoms with Gasteiger partial charge in [0.25, 0.3) is 5.69 Å². The van der Waals surface area contributed by atoms with Crippen LogP contribution in [0.1, 0.15) is 25.3 Å². The second-order valence-corrected chi connectivity index (χ2v) is 5.56. The third kappa shape index (κ3) is 2.13. The van der Waals surface area contributed by atoms with Crippen LogP contribution >= 0.6 is 0 Å². The zero-order chi connectivity index (χ0) is 13.4. The first-order chi connectivity index (χ1) is 9.16. The lowest BCUT2D eigenvalue weighted by atomic mass is 9.97. The van der Waals surface area contributed by atoms with Crippen LogP contribution in [0.4, 0.5) is 17.1 Å². The van der Waals surface area contributed by atoms with Crippen molar-refractivity contribution in [2.45, 2.75) is 26.2 Å². The van der Waals surface area contributed by atoms with Crippen molar-refractivity contribution in [2.24, 2.45) is 5.92 Å². The summed E-state index contributed by atoms with van der Waals surface area (Å²) < 4.78 is 0. The molecule has 3 rings (SSSR count). The number of piperidine rings is 1. The first-order valence-corrected chi connectivity index (χ1v) is 6.96. The molecular weight excluding hydrogens is 242 g/mol. The molecule has 2 aliphatic heterocycles. The molecule has 5 heteroatoms. The number of fused-ring (bicyclic) bond motifs is 1. The van der Waals surface area contributed by atoms with E-state index in [9.17, 15) is 10.1 Å². The maximum absolute atomic E-state index is 11.3. The Morgan fingerprint density at radius 1 is 1.37 bits per heavy atom. The third-order valence-electron chi connectivity index (χ3n) is 4.25. The van der Waals surface area contributed by atoms with Gasteiger partial charge >= 0.3 is 0 Å². The van der Waals surface area contributed by atoms with Crippen LogP contribution in [0.2, 0.25) is 0 Å². The first-order valence-electron chi connectivity index (χ1n) is 6.96. The summed E-state index contributed by atoms with van der Waals surface area (Å²) in [5.74, 6) is 0.727. The summed E-state index contributed by atoms with van der Waals surface area (Å²) in [7, 11) is 0. The molecule has 5 nitrogen and oxygen atoms in total. The molecule has 19 heavy (non-hydrogen) atoms. The number of hydrogen-bond donors (Lipinski definition) is 1. The monoisotopic (exact) mass is 261 g/mol. The van der Waals surface area contributed by atoms with Crippen molar-refractivity contribution in [1.29, 1.82) is 0 Å². The fourth-order valence-corrected chi connectivity index (χ4v) is 3.10. The zero-order valence-corrected chi connectivity index (χ0v) is 11.2. The molecule has 1 aromatic carbocycles. The van der Waals surface area contributed by atoms with E-state index in [0.29, 0.717) is 0 Å². The summed E-state index contributed by atoms with van der Waals surface area (Å²) in [6.45, 7) is 4.99. The largest absolute Gasteiger partial charge is 0.384 e. The Labute approximate surface area is 112 Å². The quantitative estimate of drug-likeness (QED) is 0.657. The lowest BCUT2D eigenvalue weighted by molar-refractivity contribution is -0.384. The highest BCUT2D eigenvalue weighted by atomic mass is 16.6. The number of hydrogen-bond acceptors (Lipinski definition) is 4. The highest BCUT2D eigenvalue weighted by molar-refractivity contribution is 5.78. The van der Waals surface area contributed by atoms with Gasteiger partial charge in [0.05, 0.1) is 4.92 Å². The topological polar surface area (TPSA) is 58.4 Å². The van der Waals surface area contributed by atoms with E-state index in [0.717, 1.165) is 61.8 Å². The molecule has 0 amide bonds. The van der Waals surface area contributed by atoms with Crippen molar-refractivity contribution in [3.8, 4) is 0 Å². The van der Waals surface area contributed by atoms with Gasteiger partial charge in [-0.2, -0.15) is 0 Å². The van der Waals surface area contributed by atoms with Gasteiger partial charge in [0, 0.05) is 37.0 Å². The minimum atomic E-state index is -0.244. The number of nitrogens with zero attached hydrogens (tertiary/aromatic N) is 2. The van der Waals surface area contributed by atoms with E-state index in [4.69, 9.17) is 0 Å². The Kier molecular flexibility index (Phi) is 3.05. The molecule has 2 aliphatic rings. The highest BCUT2D eigenvalue weighted by Crippen LogP contribution is 2.40. The minimum absolute atomic E-state index is 0.244. The maximum Gasteiger partial charge on any atom is 0.292 e. The summed E-state index contributed by atoms with van der Waals surface area (Å²) in [6.07, 6.45) is 3.13. The molecule has 0 saturated carbocycles. The standard InChI is InChI=1S/C14H19N3O2/c1-10-5-8-16(9-6-10)14-11-4-7-15-12(11)2-3-13(14)17(18)19/h2-3,10,15H,4-9H2,1H3. The van der Waals surface area contributed by atoms with Crippen molar-refractivity contribution >= 4 is 17.1 Å². The Morgan fingerprint density at radius 3 is 2.79 bits per heavy atom. The molecule has 1 N–H and O–H groups in total. The second kappa shape index (κ2) is 4.72. The molecule has 0 unspecified atom stereocenters. The van der Waals surface area contributed by atoms with Gasteiger partial charge in [-0.05, 0) is 31.2 Å². The lowest BCUT2D eigenvalue weighted by Gasteiger charge is -2.32. The molecule has 0 bridgehead atoms. The summed E-state index contributed by atoms with van der Waals surface area (Å²) in [6, 6.07) is 3.49. The number of benzene rings is 1. The predicted octanol–water partition coefficient (Wildman–Crippen LogP) is 2.80. The van der Waals surface area contributed by atoms with Crippen molar-refractivity contribution in [2.75, 3.05) is 29.9 Å². The number of nitro benzene ring substituents is 1. The average Bonchev–Trinajstić information content (AvgIpc) is 2.86. The number of nitrogens with one attached hydrogen (secondary N) is 1. The molecule has 0 spiro atoms. The van der Waals surface area contributed by atoms with E-state index < -0.39 is 0 Å². The number of nitro groups is 1. The van der Waals surface area contributed by atoms with E-state index in [2.05, 4.69) is 17.1 Å². The molecule has 1 saturated heterocycles. The fourth-order valence-electron chi connectivity index (χ4n) is 3.10. The molecule has 0 aliphatic carbocycles. The normalized spacial score (nSPS) is 19.1. The van der Waals surface area contributed by atoms with Crippen molar-refractivity contribution < 1.29 is 4.92 Å². The van der Waals surface area contributed by atoms with Crippen LogP contribution < -0.4 is 10.2 Å². The van der Waals surface area contributed by atoms with Gasteiger partial charge in [0.1, 0.15) is 5.69 Å². The summed E-state index contributed by atoms with van der Waals surface area (Å²) in [5, 5.41) is 14.6. The van der Waals surface area contributed by atoms with Gasteiger partial charge in [0.2, 0.25) is 0 Å². The van der Waals surface area contributed by atoms with E-state index in [1.54, 1.807) is 6.07 Å². The first kappa shape index (κ1) is 12.3. The average molecular weight is 261 g/mol. The van der Waals surface area contributed by atoms with Gasteiger partial charge in [-0.3, -0.25) is 10.1 Å². The lowest BCUT2D eigenvalue weighted by Crippen LogP contribution is -2.33. The van der Waals surface area contributed by atoms with Gasteiger partial charge in [-0.1, -0.05) is 6.92 Å². The van der Waals surface area contributed by atoms with Crippen LogP contribution in [-0.4, -0.2) is 24.6 Å². The Balaban J connectivity index is 2.02. The Bertz CT molecular complexity index is 508. The van der Waals surface area contributed by atoms with Gasteiger partial charge in [-0.25, -0.2) is 0 Å². The maximum atomic E-state index is 11.3. The third-order valence-corrected chi connectivity index (χ3v) is 4.25. The molecule has 1 fully saturated rings. The molecular formula is C14H19N3O2. The molecule has 2 heterocycles. The highest BCUT2D eigenvalue weighted by Gasteiger charge is 2.29. The SMILES string of the molecule is CC1CCN(c2c([N+](=O)[O-])ccc3c2CCN3)CC1. The van der Waals surface area contributed by atoms with E-state index >= 15 is 0 Å². The van der Waals surface area contributed by atoms with Crippen molar-refractivity contribution in [3.63, 3.8) is 0 Å². The molecule has 102 valence electrons. The molecule has 1 aromatic rings. The summed E-state index contributed by atoms with van der Waals surface area (Å²) in [5.41, 5.74) is 3.32. The van der Waals surface area contributed by atoms with E-state index in [-0.39, 0.29) is 10.6 Å². The number of rotatable bonds is 2. The van der Waals surface area contributed by atoms with Crippen LogP contribution in [0.15, 0.2) is 12.1 Å². The second-order valence-electron chi connectivity index (χ2n) is 5.56. The number of anilines is 2. The summed E-state index contributed by atoms with van der Waals surface area (Å²) >= 11 is 0. The van der Waals surface area contributed by atoms with Crippen LogP contribution in [0.25, 0.3) is 0 Å². The fraction of sp³-hybridized carbons (Fsp3) is 0.571. The van der Waals surface area contributed by atoms with E-state index in [1.165, 1.54) is 0 Å². The Morgan fingerprint density at radius 2 is 2.11 bits per heavy atom. The minimum Gasteiger partial charge on any atom is -0.384 e. The van der Waals surface area contributed by atoms with Crippen molar-refractivity contribution in [3.05, 3.63) is 27.8 Å². The molecule has 0 aromatic heterocycles. The molecule has 0 atom stereocenters. The predicted molar refractivity (Wildman–Crippen MR) is 75.9 cm³/mol. The zero-order valence-electron chi connectivity index (χ0n) is 11.2. The van der Waals surface area contributed by atoms with Crippen LogP contribution in [0.3, 0.4) is 0 Å². The van der Waals surface area contributed by atoms with Crippen LogP contribution in [0, 0.1) is 16.0 Å². The van der Waals surface area contributed by atoms with Gasteiger partial charge < -0.3 is 10.2 Å². The van der Waals surface area contributed by atoms with E-state index in [1.807, 2.05) is 6.07 Å². The summed E-state index contributed by atoms with van der Waals surface area (Å²) in [4.78, 5) is 13.3. The van der Waals surface area contributed by atoms with Crippen molar-refractivity contribution in [1.82, 2.24) is 0 Å². The van der Waals surface area contributed by atoms with Crippen LogP contribution in [0.5, 0.6) is 0 Å². The smallest absolute Gasteiger partial charge is 0.292 e. The van der Waals surface area contributed by atoms with Crippen LogP contribution in [-0.2, 0) is 6.42 Å². The molecule has 0 radical (unpaired) electrons.